The molecule has 6 heteroatoms. The van der Waals surface area contributed by atoms with Crippen molar-refractivity contribution in [2.75, 3.05) is 7.05 Å². The fourth-order valence-electron chi connectivity index (χ4n) is 3.02. The van der Waals surface area contributed by atoms with Crippen LogP contribution in [0.25, 0.3) is 0 Å². The van der Waals surface area contributed by atoms with Gasteiger partial charge in [-0.1, -0.05) is 30.5 Å². The minimum atomic E-state index is -0.152. The van der Waals surface area contributed by atoms with E-state index in [4.69, 9.17) is 4.52 Å². The van der Waals surface area contributed by atoms with E-state index >= 15 is 0 Å². The summed E-state index contributed by atoms with van der Waals surface area (Å²) in [5.74, 6) is 1.03. The minimum Gasteiger partial charge on any atom is -0.359 e. The minimum absolute atomic E-state index is 0.101. The van der Waals surface area contributed by atoms with E-state index in [0.29, 0.717) is 11.7 Å². The largest absolute Gasteiger partial charge is 0.359 e. The zero-order valence-corrected chi connectivity index (χ0v) is 12.9. The van der Waals surface area contributed by atoms with Crippen molar-refractivity contribution in [3.8, 4) is 0 Å². The Labute approximate surface area is 127 Å². The van der Waals surface area contributed by atoms with Crippen LogP contribution in [-0.2, 0) is 16.6 Å². The van der Waals surface area contributed by atoms with Gasteiger partial charge in [0.1, 0.15) is 0 Å². The molecule has 1 saturated carbocycles. The molecule has 21 heavy (non-hydrogen) atoms. The molecule has 0 saturated heterocycles. The van der Waals surface area contributed by atoms with E-state index in [2.05, 4.69) is 33.0 Å². The number of aromatic nitrogens is 2. The molecule has 0 unspecified atom stereocenters. The summed E-state index contributed by atoms with van der Waals surface area (Å²) in [5, 5.41) is 8.66. The second kappa shape index (κ2) is 5.97. The summed E-state index contributed by atoms with van der Waals surface area (Å²) >= 11 is 1.74. The Hall–Kier alpha value is -1.69. The van der Waals surface area contributed by atoms with Crippen LogP contribution in [0, 0.1) is 0 Å². The quantitative estimate of drug-likeness (QED) is 0.943. The third kappa shape index (κ3) is 2.72. The lowest BCUT2D eigenvalue weighted by molar-refractivity contribution is -0.120. The molecule has 0 bridgehead atoms. The van der Waals surface area contributed by atoms with Gasteiger partial charge in [0, 0.05) is 11.9 Å². The number of nitrogens with zero attached hydrogens (tertiary/aromatic N) is 2. The number of nitrogens with one attached hydrogen (secondary N) is 1. The third-order valence-corrected chi connectivity index (χ3v) is 5.25. The molecule has 5 nitrogen and oxygen atoms in total. The predicted molar refractivity (Wildman–Crippen MR) is 80.3 cm³/mol. The van der Waals surface area contributed by atoms with Crippen molar-refractivity contribution in [3.05, 3.63) is 34.1 Å². The Morgan fingerprint density at radius 3 is 2.90 bits per heavy atom. The number of rotatable bonds is 4. The number of thiophene rings is 1. The van der Waals surface area contributed by atoms with Crippen LogP contribution in [0.1, 0.15) is 48.7 Å². The smallest absolute Gasteiger partial charge is 0.238 e. The normalized spacial score (nSPS) is 17.6. The fraction of sp³-hybridized carbons (Fsp3) is 0.533. The highest BCUT2D eigenvalue weighted by Gasteiger charge is 2.41. The maximum absolute atomic E-state index is 11.4. The van der Waals surface area contributed by atoms with Crippen LogP contribution < -0.4 is 5.32 Å². The van der Waals surface area contributed by atoms with Gasteiger partial charge in [-0.25, -0.2) is 0 Å². The molecule has 0 spiro atoms. The van der Waals surface area contributed by atoms with Gasteiger partial charge >= 0.3 is 0 Å². The van der Waals surface area contributed by atoms with Gasteiger partial charge in [-0.2, -0.15) is 4.98 Å². The SMILES string of the molecule is CNC(=O)Cc1noc(C2(c3cccs3)CCCCC2)n1. The van der Waals surface area contributed by atoms with E-state index in [1.807, 2.05) is 0 Å². The number of hydrogen-bond donors (Lipinski definition) is 1. The van der Waals surface area contributed by atoms with Gasteiger partial charge in [0.15, 0.2) is 5.82 Å². The first-order valence-electron chi connectivity index (χ1n) is 7.32. The molecule has 0 aromatic carbocycles. The molecule has 0 atom stereocenters. The monoisotopic (exact) mass is 305 g/mol. The van der Waals surface area contributed by atoms with Crippen LogP contribution in [0.5, 0.6) is 0 Å². The van der Waals surface area contributed by atoms with Crippen molar-refractivity contribution in [1.29, 1.82) is 0 Å². The van der Waals surface area contributed by atoms with Crippen molar-refractivity contribution in [1.82, 2.24) is 15.5 Å². The number of carbonyl (C=O) groups is 1. The van der Waals surface area contributed by atoms with E-state index in [9.17, 15) is 4.79 Å². The van der Waals surface area contributed by atoms with E-state index in [-0.39, 0.29) is 17.7 Å². The first kappa shape index (κ1) is 14.3. The highest BCUT2D eigenvalue weighted by molar-refractivity contribution is 7.10. The standard InChI is InChI=1S/C15H19N3O2S/c1-16-13(19)10-12-17-14(20-18-12)15(7-3-2-4-8-15)11-6-5-9-21-11/h5-6,9H,2-4,7-8,10H2,1H3,(H,16,19). The summed E-state index contributed by atoms with van der Waals surface area (Å²) in [5.41, 5.74) is -0.152. The summed E-state index contributed by atoms with van der Waals surface area (Å²) in [7, 11) is 1.61. The van der Waals surface area contributed by atoms with Crippen molar-refractivity contribution in [2.24, 2.45) is 0 Å². The van der Waals surface area contributed by atoms with E-state index in [1.54, 1.807) is 18.4 Å². The molecule has 1 fully saturated rings. The van der Waals surface area contributed by atoms with Gasteiger partial charge in [-0.3, -0.25) is 4.79 Å². The Balaban J connectivity index is 1.92. The molecule has 0 aliphatic heterocycles. The van der Waals surface area contributed by atoms with Crippen molar-refractivity contribution >= 4 is 17.2 Å². The van der Waals surface area contributed by atoms with Crippen LogP contribution in [0.2, 0.25) is 0 Å². The molecule has 2 heterocycles. The molecule has 0 radical (unpaired) electrons. The molecule has 112 valence electrons. The highest BCUT2D eigenvalue weighted by Crippen LogP contribution is 2.45. The topological polar surface area (TPSA) is 68.0 Å². The lowest BCUT2D eigenvalue weighted by Gasteiger charge is -2.32. The van der Waals surface area contributed by atoms with Gasteiger partial charge in [0.2, 0.25) is 11.8 Å². The summed E-state index contributed by atoms with van der Waals surface area (Å²) in [6, 6.07) is 4.22. The maximum Gasteiger partial charge on any atom is 0.238 e. The van der Waals surface area contributed by atoms with Crippen LogP contribution in [-0.4, -0.2) is 23.1 Å². The third-order valence-electron chi connectivity index (χ3n) is 4.17. The molecule has 1 aliphatic rings. The van der Waals surface area contributed by atoms with Crippen LogP contribution in [0.4, 0.5) is 0 Å². The Morgan fingerprint density at radius 2 is 2.24 bits per heavy atom. The van der Waals surface area contributed by atoms with Gasteiger partial charge in [0.05, 0.1) is 11.8 Å². The Kier molecular flexibility index (Phi) is 4.05. The number of carbonyl (C=O) groups excluding carboxylic acids is 1. The lowest BCUT2D eigenvalue weighted by Crippen LogP contribution is -2.30. The molecule has 1 aliphatic carbocycles. The van der Waals surface area contributed by atoms with E-state index < -0.39 is 0 Å². The van der Waals surface area contributed by atoms with Crippen molar-refractivity contribution < 1.29 is 9.32 Å². The van der Waals surface area contributed by atoms with Crippen molar-refractivity contribution in [3.63, 3.8) is 0 Å². The summed E-state index contributed by atoms with van der Waals surface area (Å²) in [6.45, 7) is 0. The number of amides is 1. The van der Waals surface area contributed by atoms with Gasteiger partial charge in [-0.15, -0.1) is 11.3 Å². The first-order chi connectivity index (χ1) is 10.2. The molecule has 2 aromatic rings. The molecule has 1 amide bonds. The summed E-state index contributed by atoms with van der Waals surface area (Å²) < 4.78 is 5.54. The van der Waals surface area contributed by atoms with Crippen molar-refractivity contribution in [2.45, 2.75) is 43.9 Å². The van der Waals surface area contributed by atoms with Gasteiger partial charge < -0.3 is 9.84 Å². The molecular weight excluding hydrogens is 286 g/mol. The lowest BCUT2D eigenvalue weighted by atomic mass is 9.73. The van der Waals surface area contributed by atoms with Crippen LogP contribution >= 0.6 is 11.3 Å². The molecular formula is C15H19N3O2S. The molecule has 2 aromatic heterocycles. The van der Waals surface area contributed by atoms with E-state index in [1.165, 1.54) is 24.1 Å². The maximum atomic E-state index is 11.4. The summed E-state index contributed by atoms with van der Waals surface area (Å²) in [6.07, 6.45) is 5.84. The average molecular weight is 305 g/mol. The predicted octanol–water partition coefficient (Wildman–Crippen LogP) is 2.67. The zero-order chi connectivity index (χ0) is 14.7. The zero-order valence-electron chi connectivity index (χ0n) is 12.1. The fourth-order valence-corrected chi connectivity index (χ4v) is 4.00. The second-order valence-electron chi connectivity index (χ2n) is 5.49. The summed E-state index contributed by atoms with van der Waals surface area (Å²) in [4.78, 5) is 17.3. The Morgan fingerprint density at radius 1 is 1.43 bits per heavy atom. The number of likely N-dealkylation sites (N-methyl/N-ethyl adjacent to an activating group) is 1. The van der Waals surface area contributed by atoms with E-state index in [0.717, 1.165) is 12.8 Å². The average Bonchev–Trinajstić information content (AvgIpc) is 3.20. The molecule has 3 rings (SSSR count). The van der Waals surface area contributed by atoms with Gasteiger partial charge in [0.25, 0.3) is 0 Å². The van der Waals surface area contributed by atoms with Crippen LogP contribution in [0.3, 0.4) is 0 Å². The highest BCUT2D eigenvalue weighted by atomic mass is 32.1. The van der Waals surface area contributed by atoms with Gasteiger partial charge in [-0.05, 0) is 24.3 Å². The number of hydrogen-bond acceptors (Lipinski definition) is 5. The second-order valence-corrected chi connectivity index (χ2v) is 6.43. The first-order valence-corrected chi connectivity index (χ1v) is 8.20. The van der Waals surface area contributed by atoms with Crippen LogP contribution in [0.15, 0.2) is 22.0 Å². The Bertz CT molecular complexity index is 600. The molecule has 1 N–H and O–H groups in total.